The van der Waals surface area contributed by atoms with Crippen molar-refractivity contribution in [3.05, 3.63) is 42.5 Å². The molecule has 5 heteroatoms. The van der Waals surface area contributed by atoms with Crippen LogP contribution in [0.4, 0.5) is 0 Å². The smallest absolute Gasteiger partial charge is 0.239 e. The summed E-state index contributed by atoms with van der Waals surface area (Å²) in [5, 5.41) is 18.3. The van der Waals surface area contributed by atoms with Crippen molar-refractivity contribution < 1.29 is 14.6 Å². The van der Waals surface area contributed by atoms with Gasteiger partial charge >= 0.3 is 0 Å². The lowest BCUT2D eigenvalue weighted by atomic mass is 10.0. The van der Waals surface area contributed by atoms with Crippen molar-refractivity contribution in [1.82, 2.24) is 10.6 Å². The highest BCUT2D eigenvalue weighted by molar-refractivity contribution is 5.88. The maximum absolute atomic E-state index is 12.1. The van der Waals surface area contributed by atoms with Crippen LogP contribution in [0.15, 0.2) is 42.5 Å². The largest absolute Gasteiger partial charge is 0.490 e. The van der Waals surface area contributed by atoms with Gasteiger partial charge in [0.15, 0.2) is 0 Å². The van der Waals surface area contributed by atoms with Gasteiger partial charge in [-0.3, -0.25) is 4.79 Å². The number of carbonyl (C=O) groups is 1. The van der Waals surface area contributed by atoms with Gasteiger partial charge in [0.25, 0.3) is 0 Å². The number of hydrogen-bond acceptors (Lipinski definition) is 4. The molecule has 0 aromatic heterocycles. The van der Waals surface area contributed by atoms with E-state index in [1.54, 1.807) is 13.8 Å². The fraction of sp³-hybridized carbons (Fsp3) is 0.450. The summed E-state index contributed by atoms with van der Waals surface area (Å²) >= 11 is 0. The van der Waals surface area contributed by atoms with Gasteiger partial charge in [0.2, 0.25) is 5.91 Å². The Bertz CT molecular complexity index is 708. The molecule has 2 aromatic carbocycles. The number of fused-ring (bicyclic) bond motifs is 1. The minimum absolute atomic E-state index is 0.0770. The molecule has 0 heterocycles. The van der Waals surface area contributed by atoms with E-state index in [9.17, 15) is 9.90 Å². The van der Waals surface area contributed by atoms with E-state index in [4.69, 9.17) is 4.74 Å². The van der Waals surface area contributed by atoms with Gasteiger partial charge in [-0.25, -0.2) is 0 Å². The van der Waals surface area contributed by atoms with Crippen molar-refractivity contribution in [1.29, 1.82) is 0 Å². The van der Waals surface area contributed by atoms with Gasteiger partial charge in [-0.15, -0.1) is 0 Å². The van der Waals surface area contributed by atoms with E-state index in [0.29, 0.717) is 0 Å². The number of amides is 1. The number of rotatable bonds is 8. The van der Waals surface area contributed by atoms with Crippen LogP contribution in [-0.2, 0) is 4.79 Å². The molecule has 0 aliphatic heterocycles. The molecular weight excluding hydrogens is 316 g/mol. The average molecular weight is 344 g/mol. The number of β-amino-alcohol motifs (C(OH)–C–C–N with tert-alkyl or cyclic N) is 1. The van der Waals surface area contributed by atoms with Crippen LogP contribution in [0.2, 0.25) is 0 Å². The molecular formula is C20H28N2O3. The summed E-state index contributed by atoms with van der Waals surface area (Å²) in [6.07, 6.45) is -0.718. The lowest BCUT2D eigenvalue weighted by molar-refractivity contribution is -0.127. The third kappa shape index (κ3) is 5.44. The zero-order valence-electron chi connectivity index (χ0n) is 15.4. The highest BCUT2D eigenvalue weighted by atomic mass is 16.5. The van der Waals surface area contributed by atoms with Crippen LogP contribution in [0, 0.1) is 0 Å². The van der Waals surface area contributed by atoms with Gasteiger partial charge in [0.05, 0.1) is 5.54 Å². The van der Waals surface area contributed by atoms with Crippen LogP contribution in [0.1, 0.15) is 27.7 Å². The Labute approximate surface area is 149 Å². The molecule has 1 amide bonds. The van der Waals surface area contributed by atoms with Gasteiger partial charge < -0.3 is 20.5 Å². The van der Waals surface area contributed by atoms with Crippen molar-refractivity contribution in [2.24, 2.45) is 0 Å². The fourth-order valence-corrected chi connectivity index (χ4v) is 2.46. The molecule has 25 heavy (non-hydrogen) atoms. The highest BCUT2D eigenvalue weighted by Crippen LogP contribution is 2.25. The molecule has 3 N–H and O–H groups in total. The SMILES string of the molecule is CC(C)NC(=O)C(C)(C)NCC(O)COc1cccc2ccccc12. The predicted octanol–water partition coefficient (Wildman–Crippen LogP) is 2.47. The Kier molecular flexibility index (Phi) is 6.39. The van der Waals surface area contributed by atoms with Crippen molar-refractivity contribution in [3.8, 4) is 5.75 Å². The molecule has 2 rings (SSSR count). The first kappa shape index (κ1) is 19.2. The van der Waals surface area contributed by atoms with E-state index >= 15 is 0 Å². The zero-order chi connectivity index (χ0) is 18.4. The predicted molar refractivity (Wildman–Crippen MR) is 101 cm³/mol. The second kappa shape index (κ2) is 8.32. The van der Waals surface area contributed by atoms with E-state index in [1.807, 2.05) is 56.3 Å². The van der Waals surface area contributed by atoms with Gasteiger partial charge in [-0.05, 0) is 39.1 Å². The summed E-state index contributed by atoms with van der Waals surface area (Å²) in [6.45, 7) is 7.85. The Morgan fingerprint density at radius 3 is 2.56 bits per heavy atom. The quantitative estimate of drug-likeness (QED) is 0.688. The first-order chi connectivity index (χ1) is 11.8. The molecule has 0 saturated carbocycles. The Morgan fingerprint density at radius 2 is 1.84 bits per heavy atom. The summed E-state index contributed by atoms with van der Waals surface area (Å²) < 4.78 is 5.78. The van der Waals surface area contributed by atoms with Crippen LogP contribution in [0.3, 0.4) is 0 Å². The molecule has 0 fully saturated rings. The molecule has 0 spiro atoms. The van der Waals surface area contributed by atoms with Crippen molar-refractivity contribution in [3.63, 3.8) is 0 Å². The number of nitrogens with one attached hydrogen (secondary N) is 2. The number of hydrogen-bond donors (Lipinski definition) is 3. The summed E-state index contributed by atoms with van der Waals surface area (Å²) in [5.41, 5.74) is -0.759. The minimum atomic E-state index is -0.759. The minimum Gasteiger partial charge on any atom is -0.490 e. The van der Waals surface area contributed by atoms with Crippen LogP contribution in [0.5, 0.6) is 5.75 Å². The second-order valence-corrected chi connectivity index (χ2v) is 7.08. The Balaban J connectivity index is 1.88. The monoisotopic (exact) mass is 344 g/mol. The maximum Gasteiger partial charge on any atom is 0.239 e. The fourth-order valence-electron chi connectivity index (χ4n) is 2.46. The van der Waals surface area contributed by atoms with E-state index in [2.05, 4.69) is 10.6 Å². The van der Waals surface area contributed by atoms with Crippen LogP contribution in [0.25, 0.3) is 10.8 Å². The standard InChI is InChI=1S/C20H28N2O3/c1-14(2)22-19(24)20(3,4)21-12-16(23)13-25-18-11-7-9-15-8-5-6-10-17(15)18/h5-11,14,16,21,23H,12-13H2,1-4H3,(H,22,24). The molecule has 5 nitrogen and oxygen atoms in total. The van der Waals surface area contributed by atoms with Gasteiger partial charge in [0.1, 0.15) is 18.5 Å². The van der Waals surface area contributed by atoms with Crippen molar-refractivity contribution >= 4 is 16.7 Å². The molecule has 2 aromatic rings. The van der Waals surface area contributed by atoms with Crippen molar-refractivity contribution in [2.75, 3.05) is 13.2 Å². The molecule has 1 unspecified atom stereocenters. The number of aliphatic hydroxyl groups is 1. The van der Waals surface area contributed by atoms with Gasteiger partial charge in [0, 0.05) is 18.0 Å². The lowest BCUT2D eigenvalue weighted by Gasteiger charge is -2.27. The van der Waals surface area contributed by atoms with E-state index in [1.165, 1.54) is 0 Å². The molecule has 0 radical (unpaired) electrons. The molecule has 0 bridgehead atoms. The Morgan fingerprint density at radius 1 is 1.16 bits per heavy atom. The molecule has 1 atom stereocenters. The van der Waals surface area contributed by atoms with Crippen LogP contribution >= 0.6 is 0 Å². The lowest BCUT2D eigenvalue weighted by Crippen LogP contribution is -2.56. The summed E-state index contributed by atoms with van der Waals surface area (Å²) in [6, 6.07) is 13.9. The summed E-state index contributed by atoms with van der Waals surface area (Å²) in [7, 11) is 0. The third-order valence-corrected chi connectivity index (χ3v) is 3.95. The van der Waals surface area contributed by atoms with E-state index < -0.39 is 11.6 Å². The first-order valence-corrected chi connectivity index (χ1v) is 8.64. The average Bonchev–Trinajstić information content (AvgIpc) is 2.57. The van der Waals surface area contributed by atoms with Crippen LogP contribution < -0.4 is 15.4 Å². The highest BCUT2D eigenvalue weighted by Gasteiger charge is 2.28. The van der Waals surface area contributed by atoms with Crippen LogP contribution in [-0.4, -0.2) is 41.9 Å². The summed E-state index contributed by atoms with van der Waals surface area (Å²) in [5.74, 6) is 0.652. The number of ether oxygens (including phenoxy) is 1. The number of benzene rings is 2. The second-order valence-electron chi connectivity index (χ2n) is 7.08. The number of aliphatic hydroxyl groups excluding tert-OH is 1. The molecule has 136 valence electrons. The molecule has 0 aliphatic rings. The maximum atomic E-state index is 12.1. The van der Waals surface area contributed by atoms with Crippen molar-refractivity contribution in [2.45, 2.75) is 45.4 Å². The third-order valence-electron chi connectivity index (χ3n) is 3.95. The van der Waals surface area contributed by atoms with E-state index in [0.717, 1.165) is 16.5 Å². The number of carbonyl (C=O) groups excluding carboxylic acids is 1. The summed E-state index contributed by atoms with van der Waals surface area (Å²) in [4.78, 5) is 12.1. The molecule has 0 saturated heterocycles. The first-order valence-electron chi connectivity index (χ1n) is 8.64. The molecule has 0 aliphatic carbocycles. The van der Waals surface area contributed by atoms with E-state index in [-0.39, 0.29) is 25.1 Å². The Hall–Kier alpha value is -2.11. The van der Waals surface area contributed by atoms with Gasteiger partial charge in [-0.2, -0.15) is 0 Å². The topological polar surface area (TPSA) is 70.6 Å². The van der Waals surface area contributed by atoms with Gasteiger partial charge in [-0.1, -0.05) is 36.4 Å². The normalized spacial score (nSPS) is 13.0. The zero-order valence-corrected chi connectivity index (χ0v) is 15.4.